The molecular weight excluding hydrogens is 371 g/mol. The van der Waals surface area contributed by atoms with Crippen LogP contribution in [0.25, 0.3) is 5.76 Å². The molecule has 0 spiro atoms. The second-order valence-corrected chi connectivity index (χ2v) is 6.70. The van der Waals surface area contributed by atoms with E-state index >= 15 is 0 Å². The molecule has 4 rings (SSSR count). The molecule has 1 fully saturated rings. The summed E-state index contributed by atoms with van der Waals surface area (Å²) >= 11 is 0. The first-order valence-corrected chi connectivity index (χ1v) is 9.04. The van der Waals surface area contributed by atoms with Crippen molar-refractivity contribution in [2.24, 2.45) is 0 Å². The van der Waals surface area contributed by atoms with Crippen molar-refractivity contribution in [2.45, 2.75) is 12.6 Å². The first-order valence-electron chi connectivity index (χ1n) is 9.04. The Morgan fingerprint density at radius 1 is 0.966 bits per heavy atom. The Labute approximate surface area is 166 Å². The van der Waals surface area contributed by atoms with Gasteiger partial charge in [-0.2, -0.15) is 0 Å². The van der Waals surface area contributed by atoms with Crippen molar-refractivity contribution in [3.8, 4) is 0 Å². The minimum Gasteiger partial charge on any atom is -0.507 e. The molecule has 2 aromatic carbocycles. The highest BCUT2D eigenvalue weighted by molar-refractivity contribution is 6.46. The minimum atomic E-state index is -0.769. The van der Waals surface area contributed by atoms with Crippen molar-refractivity contribution in [3.63, 3.8) is 0 Å². The zero-order valence-corrected chi connectivity index (χ0v) is 15.3. The summed E-state index contributed by atoms with van der Waals surface area (Å²) in [6.45, 7) is 0.187. The molecule has 3 aromatic rings. The third-order valence-corrected chi connectivity index (χ3v) is 4.88. The smallest absolute Gasteiger partial charge is 0.295 e. The summed E-state index contributed by atoms with van der Waals surface area (Å²) in [5.41, 5.74) is 1.77. The summed E-state index contributed by atoms with van der Waals surface area (Å²) in [6, 6.07) is 17.0. The van der Waals surface area contributed by atoms with Gasteiger partial charge >= 0.3 is 0 Å². The zero-order valence-electron chi connectivity index (χ0n) is 15.3. The van der Waals surface area contributed by atoms with Gasteiger partial charge in [0.15, 0.2) is 0 Å². The predicted molar refractivity (Wildman–Crippen MR) is 105 cm³/mol. The van der Waals surface area contributed by atoms with E-state index in [0.29, 0.717) is 5.56 Å². The Morgan fingerprint density at radius 2 is 1.62 bits per heavy atom. The highest BCUT2D eigenvalue weighted by Crippen LogP contribution is 2.40. The van der Waals surface area contributed by atoms with Crippen molar-refractivity contribution in [1.82, 2.24) is 9.88 Å². The van der Waals surface area contributed by atoms with Gasteiger partial charge in [0.1, 0.15) is 11.6 Å². The van der Waals surface area contributed by atoms with Gasteiger partial charge in [0.05, 0.1) is 11.6 Å². The van der Waals surface area contributed by atoms with Crippen LogP contribution in [-0.2, 0) is 16.1 Å². The highest BCUT2D eigenvalue weighted by Gasteiger charge is 2.45. The molecule has 144 valence electrons. The molecule has 1 atom stereocenters. The van der Waals surface area contributed by atoms with Crippen LogP contribution in [0.5, 0.6) is 0 Å². The Hall–Kier alpha value is -3.80. The predicted octanol–water partition coefficient (Wildman–Crippen LogP) is 3.84. The molecule has 1 aliphatic heterocycles. The summed E-state index contributed by atoms with van der Waals surface area (Å²) < 4.78 is 13.3. The Morgan fingerprint density at radius 3 is 2.28 bits per heavy atom. The van der Waals surface area contributed by atoms with Gasteiger partial charge in [-0.3, -0.25) is 14.6 Å². The number of nitrogens with zero attached hydrogens (tertiary/aromatic N) is 2. The molecule has 1 aromatic heterocycles. The summed E-state index contributed by atoms with van der Waals surface area (Å²) in [5, 5.41) is 10.9. The summed E-state index contributed by atoms with van der Waals surface area (Å²) in [7, 11) is 0. The van der Waals surface area contributed by atoms with Gasteiger partial charge in [-0.25, -0.2) is 4.39 Å². The molecule has 0 saturated carbocycles. The lowest BCUT2D eigenvalue weighted by Crippen LogP contribution is -2.29. The van der Waals surface area contributed by atoms with Crippen molar-refractivity contribution in [3.05, 3.63) is 107 Å². The summed E-state index contributed by atoms with van der Waals surface area (Å²) in [5.74, 6) is -2.25. The molecule has 0 radical (unpaired) electrons. The molecule has 1 aliphatic rings. The third-order valence-electron chi connectivity index (χ3n) is 4.88. The molecule has 2 heterocycles. The molecule has 1 N–H and O–H groups in total. The van der Waals surface area contributed by atoms with Crippen molar-refractivity contribution in [1.29, 1.82) is 0 Å². The number of pyridine rings is 1. The fraction of sp³-hybridized carbons (Fsp3) is 0.0870. The summed E-state index contributed by atoms with van der Waals surface area (Å²) in [4.78, 5) is 31.1. The lowest BCUT2D eigenvalue weighted by atomic mass is 9.95. The van der Waals surface area contributed by atoms with Crippen LogP contribution in [0.3, 0.4) is 0 Å². The standard InChI is InChI=1S/C23H17FN2O3/c24-18-8-6-17(7-9-18)21(27)19-20(16-4-2-1-3-5-16)26(23(29)22(19)28)14-15-10-12-25-13-11-15/h1-13,20,27H,14H2/b21-19+. The highest BCUT2D eigenvalue weighted by atomic mass is 19.1. The van der Waals surface area contributed by atoms with Crippen molar-refractivity contribution >= 4 is 17.4 Å². The lowest BCUT2D eigenvalue weighted by molar-refractivity contribution is -0.140. The number of halogens is 1. The number of carbonyl (C=O) groups is 2. The number of hydrogen-bond acceptors (Lipinski definition) is 4. The molecule has 0 aliphatic carbocycles. The maximum Gasteiger partial charge on any atom is 0.295 e. The molecule has 6 heteroatoms. The van der Waals surface area contributed by atoms with Crippen molar-refractivity contribution < 1.29 is 19.1 Å². The number of aliphatic hydroxyl groups is 1. The maximum atomic E-state index is 13.3. The number of rotatable bonds is 4. The first-order chi connectivity index (χ1) is 14.1. The van der Waals surface area contributed by atoms with Crippen LogP contribution in [0, 0.1) is 5.82 Å². The van der Waals surface area contributed by atoms with Gasteiger partial charge in [0, 0.05) is 24.5 Å². The topological polar surface area (TPSA) is 70.5 Å². The quantitative estimate of drug-likeness (QED) is 0.419. The number of aliphatic hydroxyl groups excluding tert-OH is 1. The number of likely N-dealkylation sites (tertiary alicyclic amines) is 1. The van der Waals surface area contributed by atoms with E-state index in [1.165, 1.54) is 29.2 Å². The average molecular weight is 388 g/mol. The van der Waals surface area contributed by atoms with Gasteiger partial charge < -0.3 is 10.0 Å². The molecule has 1 unspecified atom stereocenters. The van der Waals surface area contributed by atoms with Gasteiger partial charge in [-0.15, -0.1) is 0 Å². The number of benzene rings is 2. The number of hydrogen-bond donors (Lipinski definition) is 1. The number of ketones is 1. The van der Waals surface area contributed by atoms with Crippen LogP contribution in [0.1, 0.15) is 22.7 Å². The second-order valence-electron chi connectivity index (χ2n) is 6.70. The van der Waals surface area contributed by atoms with Crippen LogP contribution in [0.4, 0.5) is 4.39 Å². The van der Waals surface area contributed by atoms with E-state index in [-0.39, 0.29) is 23.4 Å². The number of aromatic nitrogens is 1. The Bertz CT molecular complexity index is 1080. The molecule has 1 saturated heterocycles. The van der Waals surface area contributed by atoms with Crippen molar-refractivity contribution in [2.75, 3.05) is 0 Å². The Balaban J connectivity index is 1.85. The lowest BCUT2D eigenvalue weighted by Gasteiger charge is -2.25. The van der Waals surface area contributed by atoms with E-state index in [9.17, 15) is 19.1 Å². The monoisotopic (exact) mass is 388 g/mol. The minimum absolute atomic E-state index is 0.0122. The third kappa shape index (κ3) is 3.52. The van der Waals surface area contributed by atoms with Gasteiger partial charge in [-0.05, 0) is 47.5 Å². The zero-order chi connectivity index (χ0) is 20.4. The fourth-order valence-corrected chi connectivity index (χ4v) is 3.47. The average Bonchev–Trinajstić information content (AvgIpc) is 3.00. The van der Waals surface area contributed by atoms with Crippen LogP contribution in [0.2, 0.25) is 0 Å². The molecule has 1 amide bonds. The van der Waals surface area contributed by atoms with E-state index < -0.39 is 23.5 Å². The van der Waals surface area contributed by atoms with Crippen LogP contribution in [0.15, 0.2) is 84.7 Å². The SMILES string of the molecule is O=C1C(=O)N(Cc2ccncc2)C(c2ccccc2)/C1=C(\O)c1ccc(F)cc1. The van der Waals surface area contributed by atoms with E-state index in [4.69, 9.17) is 0 Å². The molecule has 5 nitrogen and oxygen atoms in total. The Kier molecular flexibility index (Phi) is 4.91. The van der Waals surface area contributed by atoms with Gasteiger partial charge in [-0.1, -0.05) is 30.3 Å². The first kappa shape index (κ1) is 18.6. The normalized spacial score (nSPS) is 18.2. The van der Waals surface area contributed by atoms with Crippen LogP contribution < -0.4 is 0 Å². The van der Waals surface area contributed by atoms with E-state index in [0.717, 1.165) is 5.56 Å². The fourth-order valence-electron chi connectivity index (χ4n) is 3.47. The number of carbonyl (C=O) groups excluding carboxylic acids is 2. The molecular formula is C23H17FN2O3. The maximum absolute atomic E-state index is 13.3. The van der Waals surface area contributed by atoms with E-state index in [1.54, 1.807) is 48.8 Å². The van der Waals surface area contributed by atoms with Gasteiger partial charge in [0.2, 0.25) is 0 Å². The second kappa shape index (κ2) is 7.67. The van der Waals surface area contributed by atoms with Gasteiger partial charge in [0.25, 0.3) is 11.7 Å². The number of Topliss-reactive ketones (excluding diaryl/α,β-unsaturated/α-hetero) is 1. The largest absolute Gasteiger partial charge is 0.507 e. The van der Waals surface area contributed by atoms with Crippen LogP contribution >= 0.6 is 0 Å². The summed E-state index contributed by atoms with van der Waals surface area (Å²) in [6.07, 6.45) is 3.23. The molecule has 0 bridgehead atoms. The van der Waals surface area contributed by atoms with Crippen LogP contribution in [-0.4, -0.2) is 26.7 Å². The number of amides is 1. The molecule has 29 heavy (non-hydrogen) atoms. The van der Waals surface area contributed by atoms with E-state index in [1.807, 2.05) is 6.07 Å². The van der Waals surface area contributed by atoms with E-state index in [2.05, 4.69) is 4.98 Å².